The highest BCUT2D eigenvalue weighted by molar-refractivity contribution is 9.10. The topological polar surface area (TPSA) is 29.1 Å². The summed E-state index contributed by atoms with van der Waals surface area (Å²) < 4.78 is 0.909. The van der Waals surface area contributed by atoms with Gasteiger partial charge in [-0.15, -0.1) is 0 Å². The molecular weight excluding hydrogens is 338 g/mol. The number of halogens is 1. The van der Waals surface area contributed by atoms with Crippen molar-refractivity contribution in [3.05, 3.63) is 63.6 Å². The molecule has 22 heavy (non-hydrogen) atoms. The van der Waals surface area contributed by atoms with Crippen LogP contribution in [0, 0.1) is 0 Å². The molecule has 2 aromatic rings. The largest absolute Gasteiger partial charge is 0.321 e. The highest BCUT2D eigenvalue weighted by Gasteiger charge is 2.14. The van der Waals surface area contributed by atoms with Gasteiger partial charge in [0.25, 0.3) is 5.91 Å². The molecule has 2 rings (SSSR count). The van der Waals surface area contributed by atoms with Gasteiger partial charge in [0.2, 0.25) is 0 Å². The Labute approximate surface area is 141 Å². The van der Waals surface area contributed by atoms with Crippen molar-refractivity contribution in [3.8, 4) is 0 Å². The maximum absolute atomic E-state index is 12.3. The molecule has 3 heteroatoms. The van der Waals surface area contributed by atoms with Gasteiger partial charge in [-0.2, -0.15) is 0 Å². The average Bonchev–Trinajstić information content (AvgIpc) is 2.48. The number of nitrogens with one attached hydrogen (secondary N) is 1. The lowest BCUT2D eigenvalue weighted by Crippen LogP contribution is -2.14. The summed E-state index contributed by atoms with van der Waals surface area (Å²) in [6, 6.07) is 13.8. The molecule has 0 bridgehead atoms. The van der Waals surface area contributed by atoms with Gasteiger partial charge >= 0.3 is 0 Å². The summed E-state index contributed by atoms with van der Waals surface area (Å²) in [7, 11) is 0. The van der Waals surface area contributed by atoms with Gasteiger partial charge in [-0.25, -0.2) is 0 Å². The monoisotopic (exact) mass is 359 g/mol. The van der Waals surface area contributed by atoms with E-state index in [0.717, 1.165) is 16.6 Å². The molecule has 0 atom stereocenters. The molecule has 1 N–H and O–H groups in total. The van der Waals surface area contributed by atoms with E-state index >= 15 is 0 Å². The molecule has 1 amide bonds. The molecule has 0 heterocycles. The number of benzene rings is 2. The summed E-state index contributed by atoms with van der Waals surface area (Å²) >= 11 is 3.51. The summed E-state index contributed by atoms with van der Waals surface area (Å²) in [5.74, 6) is -0.0922. The van der Waals surface area contributed by atoms with E-state index in [0.29, 0.717) is 5.56 Å². The van der Waals surface area contributed by atoms with Crippen molar-refractivity contribution < 1.29 is 4.79 Å². The molecule has 0 aliphatic rings. The predicted octanol–water partition coefficient (Wildman–Crippen LogP) is 5.56. The highest BCUT2D eigenvalue weighted by Crippen LogP contribution is 2.25. The second-order valence-corrected chi connectivity index (χ2v) is 7.30. The minimum Gasteiger partial charge on any atom is -0.321 e. The zero-order valence-corrected chi connectivity index (χ0v) is 15.1. The van der Waals surface area contributed by atoms with Crippen LogP contribution in [0.4, 0.5) is 5.69 Å². The van der Waals surface area contributed by atoms with Crippen molar-refractivity contribution in [2.24, 2.45) is 0 Å². The molecule has 0 fully saturated rings. The Hall–Kier alpha value is -1.61. The summed E-state index contributed by atoms with van der Waals surface area (Å²) in [6.07, 6.45) is 0.973. The number of aryl methyl sites for hydroxylation is 1. The van der Waals surface area contributed by atoms with E-state index in [-0.39, 0.29) is 11.3 Å². The fraction of sp³-hybridized carbons (Fsp3) is 0.316. The Morgan fingerprint density at radius 1 is 1.09 bits per heavy atom. The van der Waals surface area contributed by atoms with E-state index in [1.165, 1.54) is 11.1 Å². The van der Waals surface area contributed by atoms with Gasteiger partial charge in [0.1, 0.15) is 0 Å². The first kappa shape index (κ1) is 16.8. The fourth-order valence-corrected chi connectivity index (χ4v) is 2.72. The number of rotatable bonds is 3. The Kier molecular flexibility index (Phi) is 5.07. The molecule has 0 radical (unpaired) electrons. The van der Waals surface area contributed by atoms with Crippen LogP contribution >= 0.6 is 15.9 Å². The second kappa shape index (κ2) is 6.66. The lowest BCUT2D eigenvalue weighted by Gasteiger charge is -2.19. The van der Waals surface area contributed by atoms with Crippen LogP contribution in [0.5, 0.6) is 0 Å². The van der Waals surface area contributed by atoms with Crippen molar-refractivity contribution in [3.63, 3.8) is 0 Å². The Bertz CT molecular complexity index is 669. The minimum atomic E-state index is -0.0922. The first-order valence-electron chi connectivity index (χ1n) is 7.51. The molecule has 0 aliphatic carbocycles. The third-order valence-electron chi connectivity index (χ3n) is 3.70. The van der Waals surface area contributed by atoms with Crippen LogP contribution in [0.15, 0.2) is 46.9 Å². The van der Waals surface area contributed by atoms with E-state index in [1.807, 2.05) is 42.5 Å². The van der Waals surface area contributed by atoms with Crippen LogP contribution in [-0.2, 0) is 11.8 Å². The van der Waals surface area contributed by atoms with E-state index in [4.69, 9.17) is 0 Å². The molecule has 116 valence electrons. The van der Waals surface area contributed by atoms with E-state index < -0.39 is 0 Å². The molecule has 0 aliphatic heterocycles. The number of amides is 1. The van der Waals surface area contributed by atoms with Gasteiger partial charge in [0.05, 0.1) is 5.69 Å². The molecule has 2 nitrogen and oxygen atoms in total. The summed E-state index contributed by atoms with van der Waals surface area (Å²) in [5.41, 5.74) is 4.01. The fourth-order valence-electron chi connectivity index (χ4n) is 2.20. The van der Waals surface area contributed by atoms with Gasteiger partial charge < -0.3 is 5.32 Å². The van der Waals surface area contributed by atoms with E-state index in [2.05, 4.69) is 48.9 Å². The van der Waals surface area contributed by atoms with E-state index in [1.54, 1.807) is 0 Å². The number of hydrogen-bond donors (Lipinski definition) is 1. The molecule has 0 spiro atoms. The van der Waals surface area contributed by atoms with Crippen molar-refractivity contribution in [2.75, 3.05) is 5.32 Å². The van der Waals surface area contributed by atoms with Crippen LogP contribution in [0.3, 0.4) is 0 Å². The van der Waals surface area contributed by atoms with Gasteiger partial charge in [-0.3, -0.25) is 4.79 Å². The maximum atomic E-state index is 12.3. The van der Waals surface area contributed by atoms with Gasteiger partial charge in [0.15, 0.2) is 0 Å². The number of carbonyl (C=O) groups excluding carboxylic acids is 1. The molecule has 0 unspecified atom stereocenters. The lowest BCUT2D eigenvalue weighted by atomic mass is 9.87. The smallest absolute Gasteiger partial charge is 0.255 e. The third-order valence-corrected chi connectivity index (χ3v) is 4.36. The summed E-state index contributed by atoms with van der Waals surface area (Å²) in [5, 5.41) is 2.95. The quantitative estimate of drug-likeness (QED) is 0.763. The van der Waals surface area contributed by atoms with Crippen LogP contribution in [0.2, 0.25) is 0 Å². The lowest BCUT2D eigenvalue weighted by molar-refractivity contribution is 0.102. The van der Waals surface area contributed by atoms with Crippen LogP contribution in [0.25, 0.3) is 0 Å². The van der Waals surface area contributed by atoms with Gasteiger partial charge in [0, 0.05) is 10.0 Å². The van der Waals surface area contributed by atoms with Crippen molar-refractivity contribution in [1.29, 1.82) is 0 Å². The predicted molar refractivity (Wildman–Crippen MR) is 96.6 cm³/mol. The normalized spacial score (nSPS) is 11.3. The van der Waals surface area contributed by atoms with E-state index in [9.17, 15) is 4.79 Å². The van der Waals surface area contributed by atoms with Crippen LogP contribution in [0.1, 0.15) is 49.2 Å². The Balaban J connectivity index is 2.15. The number of hydrogen-bond acceptors (Lipinski definition) is 1. The second-order valence-electron chi connectivity index (χ2n) is 6.45. The van der Waals surface area contributed by atoms with Crippen molar-refractivity contribution in [2.45, 2.75) is 39.5 Å². The first-order valence-corrected chi connectivity index (χ1v) is 8.31. The molecule has 0 saturated heterocycles. The minimum absolute atomic E-state index is 0.0913. The summed E-state index contributed by atoms with van der Waals surface area (Å²) in [6.45, 7) is 8.59. The van der Waals surface area contributed by atoms with Gasteiger partial charge in [-0.05, 0) is 63.2 Å². The third kappa shape index (κ3) is 3.98. The number of anilines is 1. The Morgan fingerprint density at radius 2 is 1.73 bits per heavy atom. The average molecular weight is 360 g/mol. The standard InChI is InChI=1S/C19H22BrNO/c1-5-13-6-11-17(16(20)12-13)21-18(22)14-7-9-15(10-8-14)19(2,3)4/h6-12H,5H2,1-4H3,(H,21,22). The SMILES string of the molecule is CCc1ccc(NC(=O)c2ccc(C(C)(C)C)cc2)c(Br)c1. The Morgan fingerprint density at radius 3 is 2.23 bits per heavy atom. The van der Waals surface area contributed by atoms with Crippen molar-refractivity contribution in [1.82, 2.24) is 0 Å². The highest BCUT2D eigenvalue weighted by atomic mass is 79.9. The zero-order chi connectivity index (χ0) is 16.3. The maximum Gasteiger partial charge on any atom is 0.255 e. The molecule has 0 aromatic heterocycles. The van der Waals surface area contributed by atoms with Crippen molar-refractivity contribution >= 4 is 27.5 Å². The van der Waals surface area contributed by atoms with Crippen LogP contribution < -0.4 is 5.32 Å². The zero-order valence-electron chi connectivity index (χ0n) is 13.5. The first-order chi connectivity index (χ1) is 10.3. The molecule has 0 saturated carbocycles. The van der Waals surface area contributed by atoms with Gasteiger partial charge in [-0.1, -0.05) is 45.9 Å². The molecular formula is C19H22BrNO. The molecule has 2 aromatic carbocycles. The number of carbonyl (C=O) groups is 1. The summed E-state index contributed by atoms with van der Waals surface area (Å²) in [4.78, 5) is 12.3. The van der Waals surface area contributed by atoms with Crippen LogP contribution in [-0.4, -0.2) is 5.91 Å².